The monoisotopic (exact) mass is 426 g/mol. The first-order valence-electron chi connectivity index (χ1n) is 11.6. The van der Waals surface area contributed by atoms with Gasteiger partial charge in [0, 0.05) is 11.8 Å². The zero-order valence-corrected chi connectivity index (χ0v) is 19.0. The molecule has 3 fully saturated rings. The Hall–Kier alpha value is -1.26. The van der Waals surface area contributed by atoms with Gasteiger partial charge in [-0.05, 0) is 91.9 Å². The molecule has 2 unspecified atom stereocenters. The van der Waals surface area contributed by atoms with Crippen LogP contribution in [0.25, 0.3) is 0 Å². The van der Waals surface area contributed by atoms with Crippen molar-refractivity contribution in [3.05, 3.63) is 41.5 Å². The molecule has 4 aliphatic rings. The minimum atomic E-state index is -0.845. The number of fused-ring (bicyclic) bond motifs is 5. The predicted octanol–water partition coefficient (Wildman–Crippen LogP) is 5.63. The van der Waals surface area contributed by atoms with Gasteiger partial charge in [0.25, 0.3) is 0 Å². The molecule has 1 aromatic rings. The Bertz CT molecular complexity index is 892. The van der Waals surface area contributed by atoms with E-state index in [0.29, 0.717) is 30.0 Å². The summed E-state index contributed by atoms with van der Waals surface area (Å²) in [5, 5.41) is 21.5. The second-order valence-electron chi connectivity index (χ2n) is 10.9. The molecule has 4 aliphatic carbocycles. The summed E-state index contributed by atoms with van der Waals surface area (Å²) in [6.07, 6.45) is 9.81. The molecule has 0 spiro atoms. The first-order chi connectivity index (χ1) is 14.2. The van der Waals surface area contributed by atoms with Gasteiger partial charge in [0.05, 0.1) is 10.9 Å². The van der Waals surface area contributed by atoms with Crippen LogP contribution in [0.5, 0.6) is 5.75 Å². The van der Waals surface area contributed by atoms with E-state index in [1.165, 1.54) is 5.57 Å². The minimum absolute atomic E-state index is 0.152. The van der Waals surface area contributed by atoms with Crippen LogP contribution in [0.4, 0.5) is 0 Å². The Balaban J connectivity index is 1.46. The van der Waals surface area contributed by atoms with Crippen LogP contribution in [-0.2, 0) is 4.79 Å². The SMILES string of the molecule is C[C@]12CCC(=O)C=C1CC[C@@H]1[C@H]2CC[C@@]2(C)[C@H]1CCC2(O)C(S)c1ccc(O)cc1. The Morgan fingerprint density at radius 3 is 2.43 bits per heavy atom. The molecule has 7 atom stereocenters. The average molecular weight is 427 g/mol. The highest BCUT2D eigenvalue weighted by Gasteiger charge is 2.65. The third kappa shape index (κ3) is 2.72. The van der Waals surface area contributed by atoms with Gasteiger partial charge in [-0.3, -0.25) is 4.79 Å². The van der Waals surface area contributed by atoms with E-state index in [9.17, 15) is 15.0 Å². The maximum atomic E-state index is 12.1. The van der Waals surface area contributed by atoms with Crippen molar-refractivity contribution in [2.24, 2.45) is 28.6 Å². The third-order valence-corrected chi connectivity index (χ3v) is 10.6. The zero-order chi connectivity index (χ0) is 21.3. The smallest absolute Gasteiger partial charge is 0.155 e. The number of benzene rings is 1. The van der Waals surface area contributed by atoms with Crippen molar-refractivity contribution in [2.45, 2.75) is 76.1 Å². The molecule has 0 aliphatic heterocycles. The molecule has 0 saturated heterocycles. The van der Waals surface area contributed by atoms with E-state index < -0.39 is 5.60 Å². The first-order valence-corrected chi connectivity index (χ1v) is 12.1. The number of thiol groups is 1. The van der Waals surface area contributed by atoms with E-state index in [1.807, 2.05) is 18.2 Å². The summed E-state index contributed by atoms with van der Waals surface area (Å²) in [6, 6.07) is 7.16. The zero-order valence-electron chi connectivity index (χ0n) is 18.1. The highest BCUT2D eigenvalue weighted by atomic mass is 32.1. The van der Waals surface area contributed by atoms with Crippen LogP contribution >= 0.6 is 12.6 Å². The topological polar surface area (TPSA) is 57.5 Å². The Labute approximate surface area is 185 Å². The van der Waals surface area contributed by atoms with Gasteiger partial charge in [-0.2, -0.15) is 12.6 Å². The molecule has 1 aromatic carbocycles. The number of hydrogen-bond acceptors (Lipinski definition) is 4. The number of allylic oxidation sites excluding steroid dienone is 1. The van der Waals surface area contributed by atoms with Crippen LogP contribution in [0.1, 0.15) is 76.0 Å². The summed E-state index contributed by atoms with van der Waals surface area (Å²) in [4.78, 5) is 12.0. The summed E-state index contributed by atoms with van der Waals surface area (Å²) in [5.74, 6) is 2.30. The molecule has 0 radical (unpaired) electrons. The van der Waals surface area contributed by atoms with E-state index in [2.05, 4.69) is 13.8 Å². The molecular formula is C26H34O3S. The molecule has 2 N–H and O–H groups in total. The third-order valence-electron chi connectivity index (χ3n) is 9.84. The van der Waals surface area contributed by atoms with Crippen LogP contribution < -0.4 is 0 Å². The Morgan fingerprint density at radius 2 is 1.70 bits per heavy atom. The van der Waals surface area contributed by atoms with Crippen molar-refractivity contribution in [3.8, 4) is 5.75 Å². The van der Waals surface area contributed by atoms with Gasteiger partial charge in [-0.25, -0.2) is 0 Å². The van der Waals surface area contributed by atoms with Crippen molar-refractivity contribution >= 4 is 18.4 Å². The largest absolute Gasteiger partial charge is 0.508 e. The molecule has 30 heavy (non-hydrogen) atoms. The fourth-order valence-corrected chi connectivity index (χ4v) is 8.59. The van der Waals surface area contributed by atoms with Gasteiger partial charge < -0.3 is 10.2 Å². The molecule has 4 heteroatoms. The number of rotatable bonds is 2. The summed E-state index contributed by atoms with van der Waals surface area (Å²) in [5.41, 5.74) is 1.54. The minimum Gasteiger partial charge on any atom is -0.508 e. The van der Waals surface area contributed by atoms with Crippen molar-refractivity contribution in [1.29, 1.82) is 0 Å². The van der Waals surface area contributed by atoms with Crippen molar-refractivity contribution < 1.29 is 15.0 Å². The maximum Gasteiger partial charge on any atom is 0.155 e. The fraction of sp³-hybridized carbons (Fsp3) is 0.654. The lowest BCUT2D eigenvalue weighted by atomic mass is 9.46. The number of ketones is 1. The van der Waals surface area contributed by atoms with Gasteiger partial charge in [0.15, 0.2) is 5.78 Å². The molecule has 3 saturated carbocycles. The van der Waals surface area contributed by atoms with Gasteiger partial charge in [0.2, 0.25) is 0 Å². The van der Waals surface area contributed by atoms with Crippen molar-refractivity contribution in [3.63, 3.8) is 0 Å². The van der Waals surface area contributed by atoms with Crippen LogP contribution in [-0.4, -0.2) is 21.6 Å². The number of phenolic OH excluding ortho intramolecular Hbond substituents is 1. The number of phenols is 1. The van der Waals surface area contributed by atoms with Gasteiger partial charge in [-0.1, -0.05) is 31.6 Å². The molecule has 0 amide bonds. The van der Waals surface area contributed by atoms with E-state index in [1.54, 1.807) is 12.1 Å². The number of aromatic hydroxyl groups is 1. The summed E-state index contributed by atoms with van der Waals surface area (Å²) >= 11 is 4.95. The number of hydrogen-bond donors (Lipinski definition) is 3. The predicted molar refractivity (Wildman–Crippen MR) is 121 cm³/mol. The van der Waals surface area contributed by atoms with Crippen LogP contribution in [0.15, 0.2) is 35.9 Å². The Kier molecular flexibility index (Phi) is 4.72. The second-order valence-corrected chi connectivity index (χ2v) is 11.4. The molecule has 5 rings (SSSR count). The molecule has 162 valence electrons. The lowest BCUT2D eigenvalue weighted by Gasteiger charge is -2.59. The fourth-order valence-electron chi connectivity index (χ4n) is 7.99. The quantitative estimate of drug-likeness (QED) is 0.538. The van der Waals surface area contributed by atoms with Crippen LogP contribution in [0, 0.1) is 28.6 Å². The number of aliphatic hydroxyl groups is 1. The van der Waals surface area contributed by atoms with E-state index in [4.69, 9.17) is 12.6 Å². The number of carbonyl (C=O) groups excluding carboxylic acids is 1. The summed E-state index contributed by atoms with van der Waals surface area (Å²) in [6.45, 7) is 4.71. The van der Waals surface area contributed by atoms with Crippen molar-refractivity contribution in [1.82, 2.24) is 0 Å². The van der Waals surface area contributed by atoms with E-state index in [0.717, 1.165) is 50.5 Å². The summed E-state index contributed by atoms with van der Waals surface area (Å²) in [7, 11) is 0. The van der Waals surface area contributed by atoms with Gasteiger partial charge in [-0.15, -0.1) is 0 Å². The Morgan fingerprint density at radius 1 is 1.00 bits per heavy atom. The van der Waals surface area contributed by atoms with E-state index >= 15 is 0 Å². The highest BCUT2D eigenvalue weighted by molar-refractivity contribution is 7.80. The summed E-state index contributed by atoms with van der Waals surface area (Å²) < 4.78 is 0. The van der Waals surface area contributed by atoms with Gasteiger partial charge >= 0.3 is 0 Å². The van der Waals surface area contributed by atoms with Crippen LogP contribution in [0.2, 0.25) is 0 Å². The number of carbonyl (C=O) groups is 1. The van der Waals surface area contributed by atoms with Crippen molar-refractivity contribution in [2.75, 3.05) is 0 Å². The highest BCUT2D eigenvalue weighted by Crippen LogP contribution is 2.69. The molecular weight excluding hydrogens is 392 g/mol. The lowest BCUT2D eigenvalue weighted by Crippen LogP contribution is -2.56. The average Bonchev–Trinajstić information content (AvgIpc) is 3.01. The van der Waals surface area contributed by atoms with E-state index in [-0.39, 0.29) is 21.8 Å². The first kappa shape index (κ1) is 20.6. The van der Waals surface area contributed by atoms with Gasteiger partial charge in [0.1, 0.15) is 5.75 Å². The molecule has 0 bridgehead atoms. The lowest BCUT2D eigenvalue weighted by molar-refractivity contribution is -0.130. The maximum absolute atomic E-state index is 12.1. The normalized spacial score (nSPS) is 43.9. The molecule has 3 nitrogen and oxygen atoms in total. The molecule has 0 aromatic heterocycles. The second kappa shape index (κ2) is 6.87. The molecule has 0 heterocycles. The van der Waals surface area contributed by atoms with Crippen LogP contribution in [0.3, 0.4) is 0 Å². The standard InChI is InChI=1S/C26H34O3S/c1-24-12-9-19(28)15-17(24)5-8-20-21(24)10-13-25(2)22(20)11-14-26(25,29)23(30)16-3-6-18(27)7-4-16/h3-4,6-7,15,20-23,27,29-30H,5,8-14H2,1-2H3/t20-,21-,22+,23?,24+,25+,26?/m1/s1.